The molecule has 0 N–H and O–H groups in total. The van der Waals surface area contributed by atoms with E-state index in [1.807, 2.05) is 48.5 Å². The molecule has 1 atom stereocenters. The summed E-state index contributed by atoms with van der Waals surface area (Å²) in [5, 5.41) is 0. The van der Waals surface area contributed by atoms with Crippen LogP contribution < -0.4 is 4.90 Å². The van der Waals surface area contributed by atoms with Crippen molar-refractivity contribution in [2.45, 2.75) is 91.6 Å². The first-order valence-electron chi connectivity index (χ1n) is 10.6. The average molecular weight is 485 g/mol. The van der Waals surface area contributed by atoms with Crippen LogP contribution in [0.4, 0.5) is 5.69 Å². The predicted molar refractivity (Wildman–Crippen MR) is 123 cm³/mol. The number of piperidine rings is 1. The van der Waals surface area contributed by atoms with Gasteiger partial charge < -0.3 is 19.1 Å². The Labute approximate surface area is 189 Å². The molecule has 170 valence electrons. The third-order valence-electron chi connectivity index (χ3n) is 5.44. The third kappa shape index (κ3) is 5.95. The molecule has 1 unspecified atom stereocenters. The number of hydrogen-bond acceptors (Lipinski definition) is 6. The quantitative estimate of drug-likeness (QED) is 0.512. The number of carbonyl (C=O) groups is 1. The van der Waals surface area contributed by atoms with Gasteiger partial charge in [-0.1, -0.05) is 0 Å². The largest absolute Gasteiger partial charge is 0.461 e. The topological polar surface area (TPSA) is 60.9 Å². The molecule has 0 amide bonds. The Balaban J connectivity index is 2.58. The van der Waals surface area contributed by atoms with Crippen LogP contribution in [0.15, 0.2) is 4.47 Å². The number of aromatic nitrogens is 1. The zero-order valence-electron chi connectivity index (χ0n) is 19.9. The van der Waals surface area contributed by atoms with E-state index in [0.717, 1.165) is 53.0 Å². The second kappa shape index (κ2) is 9.53. The molecular weight excluding hydrogens is 448 g/mol. The summed E-state index contributed by atoms with van der Waals surface area (Å²) in [4.78, 5) is 20.1. The van der Waals surface area contributed by atoms with E-state index in [4.69, 9.17) is 19.2 Å². The second-order valence-electron chi connectivity index (χ2n) is 9.60. The van der Waals surface area contributed by atoms with Crippen molar-refractivity contribution in [3.05, 3.63) is 21.4 Å². The maximum atomic E-state index is 13.1. The molecule has 0 aliphatic carbocycles. The number of halogens is 1. The lowest BCUT2D eigenvalue weighted by Gasteiger charge is -2.41. The Morgan fingerprint density at radius 2 is 1.73 bits per heavy atom. The van der Waals surface area contributed by atoms with Crippen LogP contribution in [-0.2, 0) is 19.0 Å². The molecule has 0 saturated carbocycles. The Morgan fingerprint density at radius 1 is 1.17 bits per heavy atom. The summed E-state index contributed by atoms with van der Waals surface area (Å²) in [5.74, 6) is -0.388. The smallest absolute Gasteiger partial charge is 0.340 e. The number of anilines is 1. The van der Waals surface area contributed by atoms with Crippen LogP contribution >= 0.6 is 15.9 Å². The van der Waals surface area contributed by atoms with E-state index in [1.54, 1.807) is 7.11 Å². The number of nitrogens with zero attached hydrogens (tertiary/aromatic N) is 2. The molecule has 1 aromatic heterocycles. The number of rotatable bonds is 6. The van der Waals surface area contributed by atoms with Crippen LogP contribution in [0.1, 0.15) is 77.4 Å². The van der Waals surface area contributed by atoms with Gasteiger partial charge in [0.05, 0.1) is 33.2 Å². The Hall–Kier alpha value is -1.18. The molecule has 1 aliphatic rings. The van der Waals surface area contributed by atoms with Gasteiger partial charge in [-0.25, -0.2) is 4.79 Å². The van der Waals surface area contributed by atoms with Crippen LogP contribution in [0.2, 0.25) is 0 Å². The van der Waals surface area contributed by atoms with Crippen LogP contribution in [-0.4, -0.2) is 48.5 Å². The molecule has 2 rings (SSSR count). The number of ether oxygens (including phenoxy) is 3. The molecule has 1 saturated heterocycles. The number of pyridine rings is 1. The van der Waals surface area contributed by atoms with Gasteiger partial charge in [0.1, 0.15) is 0 Å². The summed E-state index contributed by atoms with van der Waals surface area (Å²) >= 11 is 3.75. The third-order valence-corrected chi connectivity index (χ3v) is 6.38. The van der Waals surface area contributed by atoms with Crippen molar-refractivity contribution in [2.75, 3.05) is 25.1 Å². The van der Waals surface area contributed by atoms with E-state index in [-0.39, 0.29) is 17.7 Å². The van der Waals surface area contributed by atoms with Crippen molar-refractivity contribution in [1.82, 2.24) is 4.98 Å². The Kier molecular flexibility index (Phi) is 7.97. The molecule has 7 heteroatoms. The van der Waals surface area contributed by atoms with Gasteiger partial charge in [-0.3, -0.25) is 4.98 Å². The SMILES string of the molecule is COC1(C)CCN(c2c(Br)c(C)nc(C)c2C(OC(C)(C)C)C(=O)OC(C)C)CC1. The molecule has 0 aromatic carbocycles. The van der Waals surface area contributed by atoms with E-state index in [0.29, 0.717) is 0 Å². The minimum absolute atomic E-state index is 0.127. The monoisotopic (exact) mass is 484 g/mol. The summed E-state index contributed by atoms with van der Waals surface area (Å²) in [6.07, 6.45) is 0.711. The number of hydrogen-bond donors (Lipinski definition) is 0. The van der Waals surface area contributed by atoms with Crippen molar-refractivity contribution in [2.24, 2.45) is 0 Å². The van der Waals surface area contributed by atoms with Crippen LogP contribution in [0.25, 0.3) is 0 Å². The first-order valence-corrected chi connectivity index (χ1v) is 11.4. The van der Waals surface area contributed by atoms with Crippen molar-refractivity contribution < 1.29 is 19.0 Å². The number of esters is 1. The highest BCUT2D eigenvalue weighted by Crippen LogP contribution is 2.42. The molecule has 1 aromatic rings. The molecule has 30 heavy (non-hydrogen) atoms. The highest BCUT2D eigenvalue weighted by atomic mass is 79.9. The van der Waals surface area contributed by atoms with E-state index >= 15 is 0 Å². The fourth-order valence-corrected chi connectivity index (χ4v) is 4.28. The predicted octanol–water partition coefficient (Wildman–Crippen LogP) is 5.27. The summed E-state index contributed by atoms with van der Waals surface area (Å²) in [6, 6.07) is 0. The first-order chi connectivity index (χ1) is 13.8. The van der Waals surface area contributed by atoms with E-state index in [2.05, 4.69) is 27.8 Å². The number of aryl methyl sites for hydroxylation is 2. The van der Waals surface area contributed by atoms with Crippen molar-refractivity contribution in [3.8, 4) is 0 Å². The second-order valence-corrected chi connectivity index (χ2v) is 10.4. The lowest BCUT2D eigenvalue weighted by Crippen LogP contribution is -2.44. The minimum Gasteiger partial charge on any atom is -0.461 e. The number of methoxy groups -OCH3 is 1. The van der Waals surface area contributed by atoms with Gasteiger partial charge in [0.25, 0.3) is 0 Å². The molecular formula is C23H37BrN2O4. The molecule has 0 radical (unpaired) electrons. The Bertz CT molecular complexity index is 765. The van der Waals surface area contributed by atoms with Gasteiger partial charge >= 0.3 is 5.97 Å². The average Bonchev–Trinajstić information content (AvgIpc) is 2.62. The van der Waals surface area contributed by atoms with Gasteiger partial charge in [0.15, 0.2) is 6.10 Å². The lowest BCUT2D eigenvalue weighted by atomic mass is 9.92. The van der Waals surface area contributed by atoms with E-state index in [1.165, 1.54) is 0 Å². The lowest BCUT2D eigenvalue weighted by molar-refractivity contribution is -0.171. The standard InChI is InChI=1S/C23H37BrN2O4/c1-14(2)29-21(27)20(30-22(5,6)7)17-15(3)25-16(4)18(24)19(17)26-12-10-23(8,28-9)11-13-26/h14,20H,10-13H2,1-9H3. The van der Waals surface area contributed by atoms with E-state index < -0.39 is 11.7 Å². The van der Waals surface area contributed by atoms with Gasteiger partial charge in [-0.05, 0) is 84.2 Å². The number of carbonyl (C=O) groups excluding carboxylic acids is 1. The molecule has 1 fully saturated rings. The summed E-state index contributed by atoms with van der Waals surface area (Å²) in [5.41, 5.74) is 2.75. The van der Waals surface area contributed by atoms with Gasteiger partial charge in [-0.15, -0.1) is 0 Å². The van der Waals surface area contributed by atoms with Gasteiger partial charge in [0, 0.05) is 31.5 Å². The zero-order chi connectivity index (χ0) is 22.9. The highest BCUT2D eigenvalue weighted by molar-refractivity contribution is 9.10. The molecule has 0 bridgehead atoms. The summed E-state index contributed by atoms with van der Waals surface area (Å²) < 4.78 is 18.5. The summed E-state index contributed by atoms with van der Waals surface area (Å²) in [6.45, 7) is 17.2. The zero-order valence-corrected chi connectivity index (χ0v) is 21.5. The molecule has 0 spiro atoms. The van der Waals surface area contributed by atoms with Crippen LogP contribution in [0, 0.1) is 13.8 Å². The summed E-state index contributed by atoms with van der Waals surface area (Å²) in [7, 11) is 1.77. The normalized spacial score (nSPS) is 17.9. The van der Waals surface area contributed by atoms with Gasteiger partial charge in [0.2, 0.25) is 0 Å². The van der Waals surface area contributed by atoms with Crippen molar-refractivity contribution in [3.63, 3.8) is 0 Å². The highest BCUT2D eigenvalue weighted by Gasteiger charge is 2.37. The van der Waals surface area contributed by atoms with E-state index in [9.17, 15) is 4.79 Å². The Morgan fingerprint density at radius 3 is 2.20 bits per heavy atom. The maximum absolute atomic E-state index is 13.1. The van der Waals surface area contributed by atoms with Crippen molar-refractivity contribution >= 4 is 27.6 Å². The van der Waals surface area contributed by atoms with Crippen LogP contribution in [0.3, 0.4) is 0 Å². The molecule has 6 nitrogen and oxygen atoms in total. The first kappa shape index (κ1) is 25.1. The maximum Gasteiger partial charge on any atom is 0.340 e. The minimum atomic E-state index is -0.859. The molecule has 1 aliphatic heterocycles. The fourth-order valence-electron chi connectivity index (χ4n) is 3.72. The van der Waals surface area contributed by atoms with Gasteiger partial charge in [-0.2, -0.15) is 0 Å². The van der Waals surface area contributed by atoms with Crippen LogP contribution in [0.5, 0.6) is 0 Å². The van der Waals surface area contributed by atoms with Crippen molar-refractivity contribution in [1.29, 1.82) is 0 Å². The molecule has 2 heterocycles. The fraction of sp³-hybridized carbons (Fsp3) is 0.739.